The number of esters is 1. The molecule has 228 valence electrons. The fourth-order valence-corrected chi connectivity index (χ4v) is 4.87. The summed E-state index contributed by atoms with van der Waals surface area (Å²) in [6, 6.07) is 10.3. The van der Waals surface area contributed by atoms with Crippen molar-refractivity contribution in [3.05, 3.63) is 76.6 Å². The molecular formula is C32H37ClN4O6. The molecule has 0 aliphatic carbocycles. The van der Waals surface area contributed by atoms with Crippen LogP contribution in [-0.4, -0.2) is 47.6 Å². The van der Waals surface area contributed by atoms with E-state index < -0.39 is 17.8 Å². The van der Waals surface area contributed by atoms with Crippen LogP contribution in [-0.2, 0) is 25.5 Å². The summed E-state index contributed by atoms with van der Waals surface area (Å²) in [5.41, 5.74) is 3.10. The van der Waals surface area contributed by atoms with E-state index in [4.69, 9.17) is 21.1 Å². The molecule has 0 fully saturated rings. The number of hydrogen-bond donors (Lipinski definition) is 2. The number of ether oxygens (including phenoxy) is 2. The minimum absolute atomic E-state index is 0.0158. The molecule has 2 amide bonds. The number of aromatic hydroxyl groups is 1. The zero-order chi connectivity index (χ0) is 31.8. The summed E-state index contributed by atoms with van der Waals surface area (Å²) in [4.78, 5) is 46.9. The summed E-state index contributed by atoms with van der Waals surface area (Å²) >= 11 is 6.60. The van der Waals surface area contributed by atoms with E-state index in [9.17, 15) is 19.5 Å². The van der Waals surface area contributed by atoms with Crippen molar-refractivity contribution < 1.29 is 29.0 Å². The second-order valence-electron chi connectivity index (χ2n) is 9.65. The van der Waals surface area contributed by atoms with E-state index in [-0.39, 0.29) is 47.5 Å². The summed E-state index contributed by atoms with van der Waals surface area (Å²) < 4.78 is 10.7. The van der Waals surface area contributed by atoms with Gasteiger partial charge in [-0.2, -0.15) is 0 Å². The lowest BCUT2D eigenvalue weighted by Crippen LogP contribution is -2.35. The van der Waals surface area contributed by atoms with Crippen LogP contribution >= 0.6 is 11.6 Å². The van der Waals surface area contributed by atoms with Gasteiger partial charge in [0.05, 0.1) is 34.4 Å². The lowest BCUT2D eigenvalue weighted by atomic mass is 10.1. The van der Waals surface area contributed by atoms with Crippen molar-refractivity contribution in [2.75, 3.05) is 34.9 Å². The van der Waals surface area contributed by atoms with Crippen LogP contribution in [0.15, 0.2) is 49.2 Å². The average molecular weight is 609 g/mol. The lowest BCUT2D eigenvalue weighted by Gasteiger charge is -2.28. The number of nitrogens with zero attached hydrogens (tertiary/aromatic N) is 3. The number of nitrogens with one attached hydrogen (secondary N) is 1. The van der Waals surface area contributed by atoms with Crippen molar-refractivity contribution >= 4 is 52.3 Å². The molecule has 0 aliphatic rings. The van der Waals surface area contributed by atoms with Gasteiger partial charge in [-0.05, 0) is 82.6 Å². The molecule has 2 aromatic carbocycles. The van der Waals surface area contributed by atoms with Crippen molar-refractivity contribution in [3.8, 4) is 11.5 Å². The third-order valence-electron chi connectivity index (χ3n) is 6.67. The number of aromatic nitrogens is 1. The van der Waals surface area contributed by atoms with Gasteiger partial charge in [-0.3, -0.25) is 14.5 Å². The maximum absolute atomic E-state index is 13.6. The first kappa shape index (κ1) is 32.9. The molecule has 0 radical (unpaired) electrons. The van der Waals surface area contributed by atoms with Crippen LogP contribution in [0.2, 0.25) is 5.02 Å². The quantitative estimate of drug-likeness (QED) is 0.151. The fraction of sp³-hybridized carbons (Fsp3) is 0.312. The highest BCUT2D eigenvalue weighted by atomic mass is 35.5. The number of hydrogen-bond acceptors (Lipinski definition) is 8. The predicted octanol–water partition coefficient (Wildman–Crippen LogP) is 6.14. The van der Waals surface area contributed by atoms with Crippen LogP contribution < -0.4 is 19.9 Å². The van der Waals surface area contributed by atoms with Crippen molar-refractivity contribution in [1.82, 2.24) is 4.98 Å². The molecule has 1 aromatic heterocycles. The molecule has 11 heteroatoms. The molecule has 3 rings (SSSR count). The molecule has 0 unspecified atom stereocenters. The summed E-state index contributed by atoms with van der Waals surface area (Å²) in [6.45, 7) is 14.9. The zero-order valence-electron chi connectivity index (χ0n) is 25.3. The first-order valence-electron chi connectivity index (χ1n) is 13.9. The van der Waals surface area contributed by atoms with Gasteiger partial charge in [-0.15, -0.1) is 0 Å². The monoisotopic (exact) mass is 608 g/mol. The third kappa shape index (κ3) is 7.45. The highest BCUT2D eigenvalue weighted by Crippen LogP contribution is 2.44. The van der Waals surface area contributed by atoms with E-state index in [0.717, 1.165) is 16.0 Å². The predicted molar refractivity (Wildman–Crippen MR) is 169 cm³/mol. The van der Waals surface area contributed by atoms with Crippen LogP contribution in [0.3, 0.4) is 0 Å². The molecular weight excluding hydrogens is 572 g/mol. The summed E-state index contributed by atoms with van der Waals surface area (Å²) in [6.07, 6.45) is 1.92. The van der Waals surface area contributed by atoms with E-state index in [1.54, 1.807) is 45.2 Å². The largest absolute Gasteiger partial charge is 0.504 e. The molecule has 0 aliphatic heterocycles. The van der Waals surface area contributed by atoms with Crippen LogP contribution in [0, 0.1) is 20.8 Å². The number of carbonyl (C=O) groups excluding carboxylic acids is 3. The van der Waals surface area contributed by atoms with Crippen molar-refractivity contribution in [2.24, 2.45) is 0 Å². The number of rotatable bonds is 11. The summed E-state index contributed by atoms with van der Waals surface area (Å²) in [5.74, 6) is -1.91. The molecule has 0 spiro atoms. The number of benzene rings is 2. The van der Waals surface area contributed by atoms with Crippen LogP contribution in [0.25, 0.3) is 0 Å². The van der Waals surface area contributed by atoms with Crippen molar-refractivity contribution in [3.63, 3.8) is 0 Å². The van der Waals surface area contributed by atoms with Gasteiger partial charge < -0.3 is 24.8 Å². The second-order valence-corrected chi connectivity index (χ2v) is 10.0. The Bertz CT molecular complexity index is 1540. The minimum Gasteiger partial charge on any atom is -0.504 e. The number of pyridine rings is 1. The molecule has 3 aromatic rings. The Morgan fingerprint density at radius 3 is 2.37 bits per heavy atom. The molecule has 1 heterocycles. The second kappa shape index (κ2) is 14.6. The number of carbonyl (C=O) groups is 3. The number of aryl methyl sites for hydroxylation is 3. The lowest BCUT2D eigenvalue weighted by molar-refractivity contribution is -0.152. The fourth-order valence-electron chi connectivity index (χ4n) is 4.54. The molecule has 43 heavy (non-hydrogen) atoms. The zero-order valence-corrected chi connectivity index (χ0v) is 26.0. The van der Waals surface area contributed by atoms with Crippen molar-refractivity contribution in [2.45, 2.75) is 48.0 Å². The number of amides is 2. The Hall–Kier alpha value is -4.57. The van der Waals surface area contributed by atoms with Gasteiger partial charge >= 0.3 is 11.9 Å². The topological polar surface area (TPSA) is 121 Å². The van der Waals surface area contributed by atoms with Crippen LogP contribution in [0.4, 0.5) is 22.9 Å². The van der Waals surface area contributed by atoms with Gasteiger partial charge in [-0.1, -0.05) is 42.8 Å². The normalized spacial score (nSPS) is 10.6. The highest BCUT2D eigenvalue weighted by Gasteiger charge is 2.32. The van der Waals surface area contributed by atoms with E-state index in [1.165, 1.54) is 6.07 Å². The third-order valence-corrected chi connectivity index (χ3v) is 7.08. The Morgan fingerprint density at radius 2 is 1.79 bits per heavy atom. The standard InChI is InChI=1S/C32H37ClN4O6/c1-8-22-25(17-23(30(39)29(22)33)35-28(38)18-43-26-14-12-19(5)16-20(26)6)37(31(40)32(41)42-11-4)24-13-15-27(34-21(24)7)36(9-2)10-3/h9,12-17,39H,2,8,10-11,18H2,1,3-7H3,(H,35,38). The van der Waals surface area contributed by atoms with E-state index in [0.29, 0.717) is 29.4 Å². The van der Waals surface area contributed by atoms with Crippen LogP contribution in [0.1, 0.15) is 43.2 Å². The summed E-state index contributed by atoms with van der Waals surface area (Å²) in [7, 11) is 0. The van der Waals surface area contributed by atoms with Crippen LogP contribution in [0.5, 0.6) is 11.5 Å². The smallest absolute Gasteiger partial charge is 0.397 e. The first-order chi connectivity index (χ1) is 20.5. The van der Waals surface area contributed by atoms with E-state index in [1.807, 2.05) is 37.8 Å². The summed E-state index contributed by atoms with van der Waals surface area (Å²) in [5, 5.41) is 13.5. The Labute approximate surface area is 256 Å². The van der Waals surface area contributed by atoms with E-state index in [2.05, 4.69) is 16.9 Å². The van der Waals surface area contributed by atoms with E-state index >= 15 is 0 Å². The number of anilines is 4. The molecule has 10 nitrogen and oxygen atoms in total. The van der Waals surface area contributed by atoms with Crippen molar-refractivity contribution in [1.29, 1.82) is 0 Å². The van der Waals surface area contributed by atoms with Gasteiger partial charge in [0.1, 0.15) is 11.6 Å². The van der Waals surface area contributed by atoms with Gasteiger partial charge in [0.15, 0.2) is 12.4 Å². The highest BCUT2D eigenvalue weighted by molar-refractivity contribution is 6.40. The van der Waals surface area contributed by atoms with Gasteiger partial charge in [-0.25, -0.2) is 9.78 Å². The maximum Gasteiger partial charge on any atom is 0.397 e. The molecule has 0 atom stereocenters. The molecule has 0 bridgehead atoms. The SMILES string of the molecule is C=CN(CC)c1ccc(N(C(=O)C(=O)OCC)c2cc(NC(=O)COc3ccc(C)cc3C)c(O)c(Cl)c2CC)c(C)n1. The molecule has 2 N–H and O–H groups in total. The number of halogens is 1. The number of phenolic OH excluding ortho intramolecular Hbond substituents is 1. The number of phenols is 1. The van der Waals surface area contributed by atoms with Gasteiger partial charge in [0.25, 0.3) is 5.91 Å². The molecule has 0 saturated heterocycles. The first-order valence-corrected chi connectivity index (χ1v) is 14.3. The Balaban J connectivity index is 2.09. The Morgan fingerprint density at radius 1 is 1.07 bits per heavy atom. The Kier molecular flexibility index (Phi) is 11.1. The maximum atomic E-state index is 13.6. The average Bonchev–Trinajstić information content (AvgIpc) is 2.97. The minimum atomic E-state index is -1.09. The van der Waals surface area contributed by atoms with Gasteiger partial charge in [0, 0.05) is 6.54 Å². The molecule has 0 saturated carbocycles. The van der Waals surface area contributed by atoms with Gasteiger partial charge in [0.2, 0.25) is 0 Å².